The number of halogens is 2. The third-order valence-corrected chi connectivity index (χ3v) is 5.37. The van der Waals surface area contributed by atoms with Crippen LogP contribution in [0.5, 0.6) is 5.88 Å². The van der Waals surface area contributed by atoms with Crippen LogP contribution < -0.4 is 4.74 Å². The second-order valence-corrected chi connectivity index (χ2v) is 6.91. The lowest BCUT2D eigenvalue weighted by atomic mass is 9.92. The van der Waals surface area contributed by atoms with Crippen LogP contribution in [0.15, 0.2) is 18.3 Å². The molecule has 1 aromatic heterocycles. The first-order chi connectivity index (χ1) is 10.1. The van der Waals surface area contributed by atoms with Crippen molar-refractivity contribution in [2.24, 2.45) is 0 Å². The SMILES string of the molecule is O=C(CCF)N1CC2(CC(Oc3ncccc3F)CS2)C1. The fourth-order valence-electron chi connectivity index (χ4n) is 2.78. The van der Waals surface area contributed by atoms with Crippen molar-refractivity contribution >= 4 is 17.7 Å². The van der Waals surface area contributed by atoms with Crippen molar-refractivity contribution in [1.29, 1.82) is 0 Å². The van der Waals surface area contributed by atoms with Crippen LogP contribution in [-0.4, -0.2) is 52.2 Å². The van der Waals surface area contributed by atoms with Gasteiger partial charge in [-0.1, -0.05) is 0 Å². The summed E-state index contributed by atoms with van der Waals surface area (Å²) in [5.74, 6) is 0.187. The van der Waals surface area contributed by atoms with E-state index in [1.807, 2.05) is 0 Å². The lowest BCUT2D eigenvalue weighted by molar-refractivity contribution is -0.136. The van der Waals surface area contributed by atoms with E-state index in [4.69, 9.17) is 4.74 Å². The van der Waals surface area contributed by atoms with Gasteiger partial charge in [-0.3, -0.25) is 9.18 Å². The van der Waals surface area contributed by atoms with Crippen LogP contribution in [0.1, 0.15) is 12.8 Å². The summed E-state index contributed by atoms with van der Waals surface area (Å²) in [5.41, 5.74) is 0. The number of hydrogen-bond donors (Lipinski definition) is 0. The first kappa shape index (κ1) is 14.6. The number of pyridine rings is 1. The van der Waals surface area contributed by atoms with Crippen molar-refractivity contribution in [1.82, 2.24) is 9.88 Å². The molecule has 21 heavy (non-hydrogen) atoms. The molecule has 0 N–H and O–H groups in total. The first-order valence-electron chi connectivity index (χ1n) is 6.87. The highest BCUT2D eigenvalue weighted by molar-refractivity contribution is 8.01. The number of ether oxygens (including phenoxy) is 1. The van der Waals surface area contributed by atoms with Gasteiger partial charge in [-0.15, -0.1) is 11.8 Å². The number of thioether (sulfide) groups is 1. The molecular weight excluding hydrogens is 298 g/mol. The Morgan fingerprint density at radius 2 is 2.38 bits per heavy atom. The number of likely N-dealkylation sites (tertiary alicyclic amines) is 1. The molecule has 0 saturated carbocycles. The number of carbonyl (C=O) groups is 1. The van der Waals surface area contributed by atoms with Crippen molar-refractivity contribution in [2.45, 2.75) is 23.7 Å². The van der Waals surface area contributed by atoms with E-state index in [2.05, 4.69) is 4.98 Å². The molecule has 1 atom stereocenters. The molecule has 1 spiro atoms. The summed E-state index contributed by atoms with van der Waals surface area (Å²) in [6, 6.07) is 2.84. The minimum atomic E-state index is -0.611. The smallest absolute Gasteiger partial charge is 0.250 e. The number of amides is 1. The van der Waals surface area contributed by atoms with Crippen LogP contribution in [0.2, 0.25) is 0 Å². The quantitative estimate of drug-likeness (QED) is 0.853. The van der Waals surface area contributed by atoms with Gasteiger partial charge < -0.3 is 9.64 Å². The second kappa shape index (κ2) is 5.79. The summed E-state index contributed by atoms with van der Waals surface area (Å²) < 4.78 is 31.3. The molecule has 2 fully saturated rings. The number of nitrogens with zero attached hydrogens (tertiary/aromatic N) is 2. The highest BCUT2D eigenvalue weighted by Gasteiger charge is 2.51. The van der Waals surface area contributed by atoms with Gasteiger partial charge in [0.15, 0.2) is 5.82 Å². The predicted octanol–water partition coefficient (Wildman–Crippen LogP) is 2.05. The standard InChI is InChI=1S/C14H16F2N2O2S/c15-4-3-12(19)18-8-14(9-18)6-10(7-21-14)20-13-11(16)2-1-5-17-13/h1-2,5,10H,3-4,6-9H2. The first-order valence-corrected chi connectivity index (χ1v) is 7.85. The molecule has 2 aliphatic heterocycles. The number of alkyl halides is 1. The Morgan fingerprint density at radius 3 is 3.10 bits per heavy atom. The Balaban J connectivity index is 1.53. The molecule has 3 rings (SSSR count). The largest absolute Gasteiger partial charge is 0.471 e. The molecule has 1 amide bonds. The molecule has 1 unspecified atom stereocenters. The van der Waals surface area contributed by atoms with Gasteiger partial charge in [0.2, 0.25) is 5.91 Å². The topological polar surface area (TPSA) is 42.4 Å². The van der Waals surface area contributed by atoms with Gasteiger partial charge >= 0.3 is 0 Å². The summed E-state index contributed by atoms with van der Waals surface area (Å²) in [6.45, 7) is 0.641. The van der Waals surface area contributed by atoms with Gasteiger partial charge in [-0.25, -0.2) is 9.37 Å². The third-order valence-electron chi connectivity index (χ3n) is 3.80. The normalized spacial score (nSPS) is 23.1. The number of aromatic nitrogens is 1. The average Bonchev–Trinajstić information content (AvgIpc) is 2.84. The van der Waals surface area contributed by atoms with Crippen LogP contribution in [0.3, 0.4) is 0 Å². The zero-order valence-corrected chi connectivity index (χ0v) is 12.2. The third kappa shape index (κ3) is 2.97. The van der Waals surface area contributed by atoms with Crippen LogP contribution >= 0.6 is 11.8 Å². The van der Waals surface area contributed by atoms with E-state index in [-0.39, 0.29) is 29.1 Å². The second-order valence-electron chi connectivity index (χ2n) is 5.42. The molecule has 2 aliphatic rings. The minimum Gasteiger partial charge on any atom is -0.471 e. The van der Waals surface area contributed by atoms with Crippen molar-refractivity contribution in [3.8, 4) is 5.88 Å². The van der Waals surface area contributed by atoms with Gasteiger partial charge in [-0.05, 0) is 12.1 Å². The highest BCUT2D eigenvalue weighted by atomic mass is 32.2. The van der Waals surface area contributed by atoms with Gasteiger partial charge in [0.25, 0.3) is 5.88 Å². The lowest BCUT2D eigenvalue weighted by Crippen LogP contribution is -2.60. The number of carbonyl (C=O) groups excluding carboxylic acids is 1. The molecule has 3 heterocycles. The molecule has 114 valence electrons. The fraction of sp³-hybridized carbons (Fsp3) is 0.571. The molecule has 0 aliphatic carbocycles. The molecule has 1 aromatic rings. The van der Waals surface area contributed by atoms with E-state index >= 15 is 0 Å². The predicted molar refractivity (Wildman–Crippen MR) is 75.6 cm³/mol. The molecule has 7 heteroatoms. The van der Waals surface area contributed by atoms with Gasteiger partial charge in [0.05, 0.1) is 17.8 Å². The van der Waals surface area contributed by atoms with Crippen molar-refractivity contribution in [3.05, 3.63) is 24.1 Å². The Hall–Kier alpha value is -1.37. The Kier molecular flexibility index (Phi) is 4.01. The Labute approximate surface area is 125 Å². The van der Waals surface area contributed by atoms with Gasteiger partial charge in [0, 0.05) is 31.5 Å². The van der Waals surface area contributed by atoms with Crippen molar-refractivity contribution < 1.29 is 18.3 Å². The van der Waals surface area contributed by atoms with E-state index < -0.39 is 12.5 Å². The molecule has 2 saturated heterocycles. The fourth-order valence-corrected chi connectivity index (χ4v) is 4.30. The van der Waals surface area contributed by atoms with E-state index in [1.165, 1.54) is 18.3 Å². The summed E-state index contributed by atoms with van der Waals surface area (Å²) in [7, 11) is 0. The van der Waals surface area contributed by atoms with Crippen LogP contribution in [0.4, 0.5) is 8.78 Å². The zero-order valence-electron chi connectivity index (χ0n) is 11.4. The number of hydrogen-bond acceptors (Lipinski definition) is 4. The Bertz CT molecular complexity index is 537. The molecule has 0 aromatic carbocycles. The summed E-state index contributed by atoms with van der Waals surface area (Å²) in [4.78, 5) is 17.1. The minimum absolute atomic E-state index is 0.0120. The molecule has 0 bridgehead atoms. The van der Waals surface area contributed by atoms with Crippen LogP contribution in [-0.2, 0) is 4.79 Å². The van der Waals surface area contributed by atoms with E-state index in [1.54, 1.807) is 16.7 Å². The van der Waals surface area contributed by atoms with Gasteiger partial charge in [0.1, 0.15) is 6.10 Å². The molecular formula is C14H16F2N2O2S. The number of rotatable bonds is 4. The van der Waals surface area contributed by atoms with E-state index in [0.717, 1.165) is 12.2 Å². The molecule has 0 radical (unpaired) electrons. The molecule has 4 nitrogen and oxygen atoms in total. The maximum atomic E-state index is 13.5. The maximum Gasteiger partial charge on any atom is 0.250 e. The average molecular weight is 314 g/mol. The Morgan fingerprint density at radius 1 is 1.57 bits per heavy atom. The van der Waals surface area contributed by atoms with Crippen molar-refractivity contribution in [2.75, 3.05) is 25.5 Å². The van der Waals surface area contributed by atoms with Crippen LogP contribution in [0.25, 0.3) is 0 Å². The summed E-state index contributed by atoms with van der Waals surface area (Å²) in [5, 5.41) is 0. The van der Waals surface area contributed by atoms with Gasteiger partial charge in [-0.2, -0.15) is 0 Å². The lowest BCUT2D eigenvalue weighted by Gasteiger charge is -2.47. The maximum absolute atomic E-state index is 13.5. The highest BCUT2D eigenvalue weighted by Crippen LogP contribution is 2.46. The van der Waals surface area contributed by atoms with Crippen molar-refractivity contribution in [3.63, 3.8) is 0 Å². The van der Waals surface area contributed by atoms with E-state index in [9.17, 15) is 13.6 Å². The monoisotopic (exact) mass is 314 g/mol. The summed E-state index contributed by atoms with van der Waals surface area (Å²) in [6.07, 6.45) is 2.11. The summed E-state index contributed by atoms with van der Waals surface area (Å²) >= 11 is 1.74. The zero-order chi connectivity index (χ0) is 14.9. The van der Waals surface area contributed by atoms with Crippen LogP contribution in [0, 0.1) is 5.82 Å². The van der Waals surface area contributed by atoms with E-state index in [0.29, 0.717) is 13.1 Å².